The summed E-state index contributed by atoms with van der Waals surface area (Å²) in [5.74, 6) is -1.98. The highest BCUT2D eigenvalue weighted by Crippen LogP contribution is 2.44. The largest absolute Gasteiger partial charge is 0.480 e. The summed E-state index contributed by atoms with van der Waals surface area (Å²) in [5.41, 5.74) is 3.22. The second kappa shape index (κ2) is 9.25. The number of hydrogen-bond donors (Lipinski definition) is 3. The van der Waals surface area contributed by atoms with Crippen molar-refractivity contribution in [1.82, 2.24) is 10.6 Å². The van der Waals surface area contributed by atoms with E-state index < -0.39 is 23.5 Å². The summed E-state index contributed by atoms with van der Waals surface area (Å²) < 4.78 is 5.63. The van der Waals surface area contributed by atoms with Gasteiger partial charge in [-0.25, -0.2) is 9.59 Å². The molecule has 0 radical (unpaired) electrons. The van der Waals surface area contributed by atoms with Crippen LogP contribution in [0.15, 0.2) is 48.5 Å². The van der Waals surface area contributed by atoms with Crippen molar-refractivity contribution in [2.45, 2.75) is 57.0 Å². The van der Waals surface area contributed by atoms with E-state index in [-0.39, 0.29) is 24.5 Å². The van der Waals surface area contributed by atoms with E-state index in [2.05, 4.69) is 34.9 Å². The van der Waals surface area contributed by atoms with Crippen LogP contribution in [0.5, 0.6) is 0 Å². The molecule has 0 spiro atoms. The van der Waals surface area contributed by atoms with Crippen molar-refractivity contribution in [3.8, 4) is 11.1 Å². The number of fused-ring (bicyclic) bond motifs is 3. The maximum Gasteiger partial charge on any atom is 0.407 e. The smallest absolute Gasteiger partial charge is 0.407 e. The number of aliphatic carboxylic acids is 1. The van der Waals surface area contributed by atoms with E-state index in [1.54, 1.807) is 0 Å². The first kappa shape index (κ1) is 22.8. The molecule has 1 saturated carbocycles. The Morgan fingerprint density at radius 3 is 2.15 bits per heavy atom. The Kier molecular flexibility index (Phi) is 6.40. The van der Waals surface area contributed by atoms with Gasteiger partial charge in [0.2, 0.25) is 5.91 Å². The number of hydrogen-bond acceptors (Lipinski definition) is 4. The molecule has 2 aliphatic carbocycles. The average Bonchev–Trinajstić information content (AvgIpc) is 3.11. The van der Waals surface area contributed by atoms with E-state index >= 15 is 0 Å². The van der Waals surface area contributed by atoms with Crippen LogP contribution < -0.4 is 10.6 Å². The third-order valence-corrected chi connectivity index (χ3v) is 6.72. The second-order valence-electron chi connectivity index (χ2n) is 9.39. The van der Waals surface area contributed by atoms with Crippen LogP contribution >= 0.6 is 0 Å². The van der Waals surface area contributed by atoms with Crippen molar-refractivity contribution in [1.29, 1.82) is 0 Å². The lowest BCUT2D eigenvalue weighted by molar-refractivity contribution is -0.147. The van der Waals surface area contributed by atoms with Gasteiger partial charge in [0.25, 0.3) is 0 Å². The fourth-order valence-corrected chi connectivity index (χ4v) is 4.86. The Balaban J connectivity index is 1.40. The molecule has 7 nitrogen and oxygen atoms in total. The molecule has 2 unspecified atom stereocenters. The fourth-order valence-electron chi connectivity index (χ4n) is 4.86. The molecule has 0 bridgehead atoms. The number of rotatable bonds is 6. The van der Waals surface area contributed by atoms with E-state index in [0.717, 1.165) is 35.1 Å². The van der Waals surface area contributed by atoms with Crippen LogP contribution in [0.2, 0.25) is 0 Å². The molecule has 0 saturated heterocycles. The first-order valence-electron chi connectivity index (χ1n) is 11.4. The Hall–Kier alpha value is -3.35. The molecule has 174 valence electrons. The van der Waals surface area contributed by atoms with Gasteiger partial charge >= 0.3 is 12.1 Å². The minimum Gasteiger partial charge on any atom is -0.480 e. The van der Waals surface area contributed by atoms with Crippen LogP contribution in [-0.2, 0) is 14.3 Å². The molecule has 0 aromatic heterocycles. The number of carboxylic acid groups (broad SMARTS) is 1. The fraction of sp³-hybridized carbons (Fsp3) is 0.423. The van der Waals surface area contributed by atoms with Crippen molar-refractivity contribution < 1.29 is 24.2 Å². The highest BCUT2D eigenvalue weighted by Gasteiger charge is 2.37. The highest BCUT2D eigenvalue weighted by molar-refractivity contribution is 5.88. The van der Waals surface area contributed by atoms with Gasteiger partial charge in [0.1, 0.15) is 12.1 Å². The van der Waals surface area contributed by atoms with E-state index in [4.69, 9.17) is 4.74 Å². The zero-order valence-corrected chi connectivity index (χ0v) is 19.0. The summed E-state index contributed by atoms with van der Waals surface area (Å²) >= 11 is 0. The van der Waals surface area contributed by atoms with E-state index in [1.807, 2.05) is 24.3 Å². The molecule has 33 heavy (non-hydrogen) atoms. The number of carbonyl (C=O) groups excluding carboxylic acids is 2. The van der Waals surface area contributed by atoms with Crippen molar-refractivity contribution in [2.24, 2.45) is 5.92 Å². The lowest BCUT2D eigenvalue weighted by atomic mass is 9.83. The quantitative estimate of drug-likeness (QED) is 0.616. The predicted octanol–water partition coefficient (Wildman–Crippen LogP) is 4.06. The summed E-state index contributed by atoms with van der Waals surface area (Å²) in [6, 6.07) is 15.9. The van der Waals surface area contributed by atoms with Crippen LogP contribution in [0.1, 0.15) is 56.6 Å². The molecule has 2 atom stereocenters. The standard InChI is InChI=1S/C26H30N2O5/c1-26(2,24(30)31)28-23(29)20-13-7-8-14-22(20)27-25(32)33-15-21-18-11-5-3-9-16(18)17-10-4-6-12-19(17)21/h3-6,9-12,20-22H,7-8,13-15H2,1-2H3,(H,27,32)(H,28,29)(H,30,31). The molecule has 0 heterocycles. The summed E-state index contributed by atoms with van der Waals surface area (Å²) in [4.78, 5) is 36.9. The maximum absolute atomic E-state index is 12.8. The monoisotopic (exact) mass is 450 g/mol. The van der Waals surface area contributed by atoms with Gasteiger partial charge < -0.3 is 20.5 Å². The van der Waals surface area contributed by atoms with Gasteiger partial charge in [0.05, 0.1) is 5.92 Å². The summed E-state index contributed by atoms with van der Waals surface area (Å²) in [6.07, 6.45) is 2.43. The van der Waals surface area contributed by atoms with Crippen LogP contribution in [-0.4, -0.2) is 41.3 Å². The molecule has 2 amide bonds. The summed E-state index contributed by atoms with van der Waals surface area (Å²) in [5, 5.41) is 14.8. The van der Waals surface area contributed by atoms with E-state index in [1.165, 1.54) is 13.8 Å². The molecule has 2 aromatic rings. The first-order valence-corrected chi connectivity index (χ1v) is 11.4. The minimum absolute atomic E-state index is 0.0371. The zero-order chi connectivity index (χ0) is 23.6. The number of nitrogens with one attached hydrogen (secondary N) is 2. The van der Waals surface area contributed by atoms with Crippen LogP contribution in [0.3, 0.4) is 0 Å². The molecular formula is C26H30N2O5. The molecule has 2 aromatic carbocycles. The second-order valence-corrected chi connectivity index (χ2v) is 9.39. The maximum atomic E-state index is 12.8. The summed E-state index contributed by atoms with van der Waals surface area (Å²) in [7, 11) is 0. The van der Waals surface area contributed by atoms with Gasteiger partial charge in [-0.05, 0) is 48.9 Å². The number of ether oxygens (including phenoxy) is 1. The first-order chi connectivity index (χ1) is 15.8. The van der Waals surface area contributed by atoms with Gasteiger partial charge in [-0.2, -0.15) is 0 Å². The van der Waals surface area contributed by atoms with Gasteiger partial charge in [-0.3, -0.25) is 4.79 Å². The molecule has 4 rings (SSSR count). The van der Waals surface area contributed by atoms with Crippen LogP contribution in [0.25, 0.3) is 11.1 Å². The van der Waals surface area contributed by atoms with E-state index in [9.17, 15) is 19.5 Å². The van der Waals surface area contributed by atoms with Gasteiger partial charge in [0.15, 0.2) is 0 Å². The normalized spacial score (nSPS) is 19.8. The van der Waals surface area contributed by atoms with E-state index in [0.29, 0.717) is 12.8 Å². The molecular weight excluding hydrogens is 420 g/mol. The van der Waals surface area contributed by atoms with Gasteiger partial charge in [0, 0.05) is 12.0 Å². The predicted molar refractivity (Wildman–Crippen MR) is 124 cm³/mol. The SMILES string of the molecule is CC(C)(NC(=O)C1CCCCC1NC(=O)OCC1c2ccccc2-c2ccccc21)C(=O)O. The number of carbonyl (C=O) groups is 3. The van der Waals surface area contributed by atoms with Crippen molar-refractivity contribution >= 4 is 18.0 Å². The Morgan fingerprint density at radius 1 is 0.970 bits per heavy atom. The van der Waals surface area contributed by atoms with Crippen LogP contribution in [0, 0.1) is 5.92 Å². The van der Waals surface area contributed by atoms with Crippen molar-refractivity contribution in [3.63, 3.8) is 0 Å². The number of alkyl carbamates (subject to hydrolysis) is 1. The van der Waals surface area contributed by atoms with Crippen LogP contribution in [0.4, 0.5) is 4.79 Å². The Morgan fingerprint density at radius 2 is 1.55 bits per heavy atom. The highest BCUT2D eigenvalue weighted by atomic mass is 16.5. The molecule has 2 aliphatic rings. The molecule has 7 heteroatoms. The number of carboxylic acids is 1. The number of benzene rings is 2. The minimum atomic E-state index is -1.37. The lowest BCUT2D eigenvalue weighted by Crippen LogP contribution is -2.55. The third-order valence-electron chi connectivity index (χ3n) is 6.72. The molecule has 3 N–H and O–H groups in total. The number of amides is 2. The topological polar surface area (TPSA) is 105 Å². The van der Waals surface area contributed by atoms with Gasteiger partial charge in [-0.1, -0.05) is 61.4 Å². The zero-order valence-electron chi connectivity index (χ0n) is 19.0. The molecule has 1 fully saturated rings. The molecule has 0 aliphatic heterocycles. The Bertz CT molecular complexity index is 1020. The average molecular weight is 451 g/mol. The summed E-state index contributed by atoms with van der Waals surface area (Å²) in [6.45, 7) is 3.10. The lowest BCUT2D eigenvalue weighted by Gasteiger charge is -2.33. The Labute approximate surface area is 193 Å². The van der Waals surface area contributed by atoms with Crippen molar-refractivity contribution in [2.75, 3.05) is 6.61 Å². The van der Waals surface area contributed by atoms with Gasteiger partial charge in [-0.15, -0.1) is 0 Å². The van der Waals surface area contributed by atoms with Crippen molar-refractivity contribution in [3.05, 3.63) is 59.7 Å². The third kappa shape index (κ3) is 4.72.